The maximum Gasteiger partial charge on any atom is 0.129 e. The SMILES string of the molecule is CCC(C)(OC)C(=N)N1CCN(C)CC1. The number of rotatable bonds is 3. The molecular weight excluding hydrogens is 190 g/mol. The molecule has 1 rings (SSSR count). The van der Waals surface area contributed by atoms with Crippen LogP contribution < -0.4 is 0 Å². The maximum absolute atomic E-state index is 8.19. The summed E-state index contributed by atoms with van der Waals surface area (Å²) in [5.41, 5.74) is -0.421. The highest BCUT2D eigenvalue weighted by atomic mass is 16.5. The predicted octanol–water partition coefficient (Wildman–Crippen LogP) is 1.03. The fraction of sp³-hybridized carbons (Fsp3) is 0.909. The van der Waals surface area contributed by atoms with Gasteiger partial charge in [0.1, 0.15) is 11.4 Å². The van der Waals surface area contributed by atoms with Gasteiger partial charge < -0.3 is 14.5 Å². The molecule has 1 fully saturated rings. The average molecular weight is 213 g/mol. The van der Waals surface area contributed by atoms with Crippen LogP contribution in [0.15, 0.2) is 0 Å². The van der Waals surface area contributed by atoms with Gasteiger partial charge in [0, 0.05) is 33.3 Å². The molecule has 1 aliphatic heterocycles. The Bertz CT molecular complexity index is 218. The van der Waals surface area contributed by atoms with Crippen molar-refractivity contribution in [1.29, 1.82) is 5.41 Å². The number of likely N-dealkylation sites (N-methyl/N-ethyl adjacent to an activating group) is 1. The predicted molar refractivity (Wildman–Crippen MR) is 62.5 cm³/mol. The quantitative estimate of drug-likeness (QED) is 0.562. The zero-order chi connectivity index (χ0) is 11.5. The van der Waals surface area contributed by atoms with Crippen molar-refractivity contribution in [3.8, 4) is 0 Å². The molecule has 1 atom stereocenters. The van der Waals surface area contributed by atoms with Crippen molar-refractivity contribution in [3.63, 3.8) is 0 Å². The van der Waals surface area contributed by atoms with Crippen LogP contribution in [0.25, 0.3) is 0 Å². The summed E-state index contributed by atoms with van der Waals surface area (Å²) >= 11 is 0. The molecular formula is C11H23N3O. The topological polar surface area (TPSA) is 39.6 Å². The Balaban J connectivity index is 2.60. The summed E-state index contributed by atoms with van der Waals surface area (Å²) < 4.78 is 5.45. The Morgan fingerprint density at radius 3 is 2.27 bits per heavy atom. The summed E-state index contributed by atoms with van der Waals surface area (Å²) in [5, 5.41) is 8.19. The van der Waals surface area contributed by atoms with Crippen molar-refractivity contribution >= 4 is 5.84 Å². The normalized spacial score (nSPS) is 22.5. The van der Waals surface area contributed by atoms with Gasteiger partial charge >= 0.3 is 0 Å². The van der Waals surface area contributed by atoms with Crippen molar-refractivity contribution in [2.75, 3.05) is 40.3 Å². The van der Waals surface area contributed by atoms with E-state index in [4.69, 9.17) is 10.1 Å². The first-order chi connectivity index (χ1) is 7.03. The summed E-state index contributed by atoms with van der Waals surface area (Å²) in [6.07, 6.45) is 0.842. The lowest BCUT2D eigenvalue weighted by atomic mass is 10.0. The average Bonchev–Trinajstić information content (AvgIpc) is 2.28. The van der Waals surface area contributed by atoms with Gasteiger partial charge in [-0.05, 0) is 20.4 Å². The van der Waals surface area contributed by atoms with Crippen LogP contribution in [0.5, 0.6) is 0 Å². The second kappa shape index (κ2) is 4.94. The van der Waals surface area contributed by atoms with Crippen LogP contribution in [0, 0.1) is 5.41 Å². The van der Waals surface area contributed by atoms with Crippen molar-refractivity contribution in [3.05, 3.63) is 0 Å². The van der Waals surface area contributed by atoms with Gasteiger partial charge in [-0.2, -0.15) is 0 Å². The van der Waals surface area contributed by atoms with Crippen LogP contribution in [0.1, 0.15) is 20.3 Å². The largest absolute Gasteiger partial charge is 0.371 e. The number of piperazine rings is 1. The van der Waals surface area contributed by atoms with Gasteiger partial charge in [0.25, 0.3) is 0 Å². The molecule has 1 unspecified atom stereocenters. The van der Waals surface area contributed by atoms with Crippen molar-refractivity contribution in [2.45, 2.75) is 25.9 Å². The van der Waals surface area contributed by atoms with Gasteiger partial charge in [-0.25, -0.2) is 0 Å². The number of hydrogen-bond acceptors (Lipinski definition) is 3. The Morgan fingerprint density at radius 1 is 1.33 bits per heavy atom. The molecule has 0 radical (unpaired) electrons. The number of nitrogens with one attached hydrogen (secondary N) is 1. The van der Waals surface area contributed by atoms with Crippen molar-refractivity contribution in [1.82, 2.24) is 9.80 Å². The Kier molecular flexibility index (Phi) is 4.11. The van der Waals surface area contributed by atoms with Crippen molar-refractivity contribution in [2.24, 2.45) is 0 Å². The standard InChI is InChI=1S/C11H23N3O/c1-5-11(2,15-4)10(12)14-8-6-13(3)7-9-14/h12H,5-9H2,1-4H3. The van der Waals surface area contributed by atoms with E-state index in [1.807, 2.05) is 6.92 Å². The van der Waals surface area contributed by atoms with Crippen molar-refractivity contribution < 1.29 is 4.74 Å². The van der Waals surface area contributed by atoms with E-state index in [1.165, 1.54) is 0 Å². The lowest BCUT2D eigenvalue weighted by Crippen LogP contribution is -2.54. The molecule has 0 aliphatic carbocycles. The molecule has 88 valence electrons. The highest BCUT2D eigenvalue weighted by Crippen LogP contribution is 2.18. The zero-order valence-corrected chi connectivity index (χ0v) is 10.3. The second-order valence-electron chi connectivity index (χ2n) is 4.43. The molecule has 0 saturated carbocycles. The first kappa shape index (κ1) is 12.5. The van der Waals surface area contributed by atoms with E-state index >= 15 is 0 Å². The Labute approximate surface area is 92.7 Å². The van der Waals surface area contributed by atoms with Crippen LogP contribution in [0.3, 0.4) is 0 Å². The molecule has 0 bridgehead atoms. The number of ether oxygens (including phenoxy) is 1. The van der Waals surface area contributed by atoms with E-state index in [0.717, 1.165) is 32.6 Å². The molecule has 0 aromatic carbocycles. The zero-order valence-electron chi connectivity index (χ0n) is 10.3. The fourth-order valence-electron chi connectivity index (χ4n) is 1.77. The van der Waals surface area contributed by atoms with E-state index in [-0.39, 0.29) is 0 Å². The molecule has 4 nitrogen and oxygen atoms in total. The Morgan fingerprint density at radius 2 is 1.87 bits per heavy atom. The number of amidine groups is 1. The van der Waals surface area contributed by atoms with Crippen LogP contribution in [-0.2, 0) is 4.74 Å². The minimum absolute atomic E-state index is 0.421. The number of methoxy groups -OCH3 is 1. The van der Waals surface area contributed by atoms with E-state index in [2.05, 4.69) is 23.8 Å². The molecule has 0 spiro atoms. The van der Waals surface area contributed by atoms with Crippen LogP contribution >= 0.6 is 0 Å². The summed E-state index contributed by atoms with van der Waals surface area (Å²) in [5.74, 6) is 0.626. The van der Waals surface area contributed by atoms with E-state index < -0.39 is 5.60 Å². The van der Waals surface area contributed by atoms with E-state index in [9.17, 15) is 0 Å². The summed E-state index contributed by atoms with van der Waals surface area (Å²) in [7, 11) is 3.81. The highest BCUT2D eigenvalue weighted by molar-refractivity contribution is 5.87. The third-order valence-electron chi connectivity index (χ3n) is 3.45. The van der Waals surface area contributed by atoms with Crippen LogP contribution in [0.4, 0.5) is 0 Å². The highest BCUT2D eigenvalue weighted by Gasteiger charge is 2.32. The van der Waals surface area contributed by atoms with Gasteiger partial charge in [-0.3, -0.25) is 5.41 Å². The summed E-state index contributed by atoms with van der Waals surface area (Å²) in [4.78, 5) is 4.42. The second-order valence-corrected chi connectivity index (χ2v) is 4.43. The molecule has 1 N–H and O–H groups in total. The monoisotopic (exact) mass is 213 g/mol. The van der Waals surface area contributed by atoms with E-state index in [0.29, 0.717) is 5.84 Å². The first-order valence-electron chi connectivity index (χ1n) is 5.61. The number of nitrogens with zero attached hydrogens (tertiary/aromatic N) is 2. The van der Waals surface area contributed by atoms with Crippen LogP contribution in [0.2, 0.25) is 0 Å². The maximum atomic E-state index is 8.19. The summed E-state index contributed by atoms with van der Waals surface area (Å²) in [6.45, 7) is 8.00. The molecule has 0 aromatic heterocycles. The van der Waals surface area contributed by atoms with Gasteiger partial charge in [0.05, 0.1) is 0 Å². The minimum atomic E-state index is -0.421. The van der Waals surface area contributed by atoms with Gasteiger partial charge in [-0.15, -0.1) is 0 Å². The van der Waals surface area contributed by atoms with Gasteiger partial charge in [0.2, 0.25) is 0 Å². The smallest absolute Gasteiger partial charge is 0.129 e. The first-order valence-corrected chi connectivity index (χ1v) is 5.61. The lowest BCUT2D eigenvalue weighted by molar-refractivity contribution is 0.0466. The van der Waals surface area contributed by atoms with Gasteiger partial charge in [0.15, 0.2) is 0 Å². The molecule has 1 aliphatic rings. The molecule has 0 aromatic rings. The number of hydrogen-bond donors (Lipinski definition) is 1. The summed E-state index contributed by atoms with van der Waals surface area (Å²) in [6, 6.07) is 0. The van der Waals surface area contributed by atoms with E-state index in [1.54, 1.807) is 7.11 Å². The third-order valence-corrected chi connectivity index (χ3v) is 3.45. The molecule has 0 amide bonds. The molecule has 4 heteroatoms. The Hall–Kier alpha value is -0.610. The fourth-order valence-corrected chi connectivity index (χ4v) is 1.77. The third kappa shape index (κ3) is 2.69. The van der Waals surface area contributed by atoms with Gasteiger partial charge in [-0.1, -0.05) is 6.92 Å². The molecule has 1 saturated heterocycles. The van der Waals surface area contributed by atoms with Crippen LogP contribution in [-0.4, -0.2) is 61.6 Å². The lowest BCUT2D eigenvalue weighted by Gasteiger charge is -2.40. The molecule has 15 heavy (non-hydrogen) atoms. The minimum Gasteiger partial charge on any atom is -0.371 e. The molecule has 1 heterocycles.